The zero-order chi connectivity index (χ0) is 18.5. The maximum Gasteiger partial charge on any atom is 0.262 e. The number of fused-ring (bicyclic) bond motifs is 1. The number of para-hydroxylation sites is 2. The number of anilines is 2. The zero-order valence-corrected chi connectivity index (χ0v) is 15.0. The molecule has 1 aliphatic rings. The van der Waals surface area contributed by atoms with Crippen molar-refractivity contribution >= 4 is 23.2 Å². The lowest BCUT2D eigenvalue weighted by Crippen LogP contribution is -2.25. The molecule has 0 aliphatic carbocycles. The van der Waals surface area contributed by atoms with Gasteiger partial charge in [0.1, 0.15) is 0 Å². The van der Waals surface area contributed by atoms with Crippen LogP contribution < -0.4 is 19.7 Å². The van der Waals surface area contributed by atoms with Crippen molar-refractivity contribution in [1.82, 2.24) is 0 Å². The third-order valence-corrected chi connectivity index (χ3v) is 4.15. The van der Waals surface area contributed by atoms with Gasteiger partial charge < -0.3 is 19.7 Å². The van der Waals surface area contributed by atoms with E-state index in [0.29, 0.717) is 30.3 Å². The number of hydrogen-bond acceptors (Lipinski definition) is 4. The number of ether oxygens (including phenoxy) is 2. The average Bonchev–Trinajstić information content (AvgIpc) is 3.05. The summed E-state index contributed by atoms with van der Waals surface area (Å²) in [5.41, 5.74) is 2.67. The van der Waals surface area contributed by atoms with Crippen LogP contribution in [0.15, 0.2) is 42.5 Å². The fourth-order valence-electron chi connectivity index (χ4n) is 2.99. The van der Waals surface area contributed by atoms with Crippen molar-refractivity contribution in [2.24, 2.45) is 0 Å². The number of rotatable bonds is 6. The van der Waals surface area contributed by atoms with Gasteiger partial charge in [-0.05, 0) is 49.2 Å². The molecule has 1 N–H and O–H groups in total. The lowest BCUT2D eigenvalue weighted by Gasteiger charge is -2.15. The third-order valence-electron chi connectivity index (χ3n) is 4.15. The number of nitrogens with one attached hydrogen (secondary N) is 1. The summed E-state index contributed by atoms with van der Waals surface area (Å²) >= 11 is 0. The molecular weight excluding hydrogens is 332 g/mol. The second kappa shape index (κ2) is 7.91. The molecule has 0 spiro atoms. The normalized spacial score (nSPS) is 12.5. The molecule has 136 valence electrons. The minimum atomic E-state index is -0.252. The van der Waals surface area contributed by atoms with Crippen LogP contribution >= 0.6 is 0 Å². The van der Waals surface area contributed by atoms with E-state index in [1.54, 1.807) is 30.0 Å². The van der Waals surface area contributed by atoms with Crippen LogP contribution in [0, 0.1) is 0 Å². The molecule has 1 aliphatic heterocycles. The van der Waals surface area contributed by atoms with Crippen LogP contribution in [-0.4, -0.2) is 31.6 Å². The molecule has 2 amide bonds. The Hall–Kier alpha value is -3.02. The number of hydrogen-bond donors (Lipinski definition) is 1. The monoisotopic (exact) mass is 354 g/mol. The van der Waals surface area contributed by atoms with Gasteiger partial charge in [0.2, 0.25) is 5.91 Å². The summed E-state index contributed by atoms with van der Waals surface area (Å²) in [7, 11) is 0. The topological polar surface area (TPSA) is 67.9 Å². The fraction of sp³-hybridized carbons (Fsp3) is 0.300. The van der Waals surface area contributed by atoms with Crippen LogP contribution in [-0.2, 0) is 16.0 Å². The number of carbonyl (C=O) groups excluding carboxylic acids is 2. The van der Waals surface area contributed by atoms with E-state index in [1.807, 2.05) is 31.2 Å². The molecule has 3 rings (SSSR count). The van der Waals surface area contributed by atoms with E-state index >= 15 is 0 Å². The predicted molar refractivity (Wildman–Crippen MR) is 99.9 cm³/mol. The molecule has 0 unspecified atom stereocenters. The quantitative estimate of drug-likeness (QED) is 0.866. The zero-order valence-electron chi connectivity index (χ0n) is 15.0. The molecule has 0 saturated carbocycles. The lowest BCUT2D eigenvalue weighted by molar-refractivity contribution is -0.118. The largest absolute Gasteiger partial charge is 0.490 e. The molecule has 0 radical (unpaired) electrons. The molecular formula is C20H22N2O4. The van der Waals surface area contributed by atoms with Crippen LogP contribution in [0.3, 0.4) is 0 Å². The standard InChI is InChI=1S/C20H22N2O4/c1-3-25-18-6-4-5-7-19(18)26-13-20(24)21-16-8-9-17-15(12-16)10-11-22(17)14(2)23/h4-9,12H,3,10-11,13H2,1-2H3,(H,21,24). The van der Waals surface area contributed by atoms with E-state index in [9.17, 15) is 9.59 Å². The van der Waals surface area contributed by atoms with Crippen LogP contribution in [0.1, 0.15) is 19.4 Å². The van der Waals surface area contributed by atoms with Crippen molar-refractivity contribution in [3.8, 4) is 11.5 Å². The average molecular weight is 354 g/mol. The van der Waals surface area contributed by atoms with Gasteiger partial charge in [0.15, 0.2) is 18.1 Å². The molecule has 6 heteroatoms. The first-order valence-electron chi connectivity index (χ1n) is 8.64. The Morgan fingerprint density at radius 2 is 1.85 bits per heavy atom. The Balaban J connectivity index is 1.60. The summed E-state index contributed by atoms with van der Waals surface area (Å²) in [5, 5.41) is 2.83. The van der Waals surface area contributed by atoms with E-state index in [1.165, 1.54) is 0 Å². The molecule has 0 bridgehead atoms. The molecule has 26 heavy (non-hydrogen) atoms. The molecule has 6 nitrogen and oxygen atoms in total. The van der Waals surface area contributed by atoms with Gasteiger partial charge in [-0.15, -0.1) is 0 Å². The third kappa shape index (κ3) is 3.96. The second-order valence-electron chi connectivity index (χ2n) is 5.98. The van der Waals surface area contributed by atoms with Crippen molar-refractivity contribution in [2.45, 2.75) is 20.3 Å². The van der Waals surface area contributed by atoms with Crippen LogP contribution in [0.5, 0.6) is 11.5 Å². The lowest BCUT2D eigenvalue weighted by atomic mass is 10.1. The van der Waals surface area contributed by atoms with E-state index in [-0.39, 0.29) is 18.4 Å². The minimum Gasteiger partial charge on any atom is -0.490 e. The van der Waals surface area contributed by atoms with Gasteiger partial charge in [0.25, 0.3) is 5.91 Å². The first-order valence-corrected chi connectivity index (χ1v) is 8.64. The second-order valence-corrected chi connectivity index (χ2v) is 5.98. The highest BCUT2D eigenvalue weighted by atomic mass is 16.5. The fourth-order valence-corrected chi connectivity index (χ4v) is 2.99. The molecule has 1 heterocycles. The van der Waals surface area contributed by atoms with Crippen LogP contribution in [0.2, 0.25) is 0 Å². The SMILES string of the molecule is CCOc1ccccc1OCC(=O)Nc1ccc2c(c1)CCN2C(C)=O. The Labute approximate surface area is 152 Å². The van der Waals surface area contributed by atoms with Gasteiger partial charge in [-0.2, -0.15) is 0 Å². The van der Waals surface area contributed by atoms with E-state index < -0.39 is 0 Å². The first kappa shape index (κ1) is 17.8. The molecule has 0 atom stereocenters. The maximum atomic E-state index is 12.2. The number of carbonyl (C=O) groups is 2. The van der Waals surface area contributed by atoms with E-state index in [0.717, 1.165) is 17.7 Å². The van der Waals surface area contributed by atoms with Crippen molar-refractivity contribution in [3.63, 3.8) is 0 Å². The van der Waals surface area contributed by atoms with Gasteiger partial charge in [-0.3, -0.25) is 9.59 Å². The smallest absolute Gasteiger partial charge is 0.262 e. The number of nitrogens with zero attached hydrogens (tertiary/aromatic N) is 1. The summed E-state index contributed by atoms with van der Waals surface area (Å²) in [6.07, 6.45) is 0.789. The van der Waals surface area contributed by atoms with Gasteiger partial charge in [0, 0.05) is 24.8 Å². The Morgan fingerprint density at radius 3 is 2.54 bits per heavy atom. The van der Waals surface area contributed by atoms with Crippen molar-refractivity contribution in [2.75, 3.05) is 30.0 Å². The predicted octanol–water partition coefficient (Wildman–Crippen LogP) is 3.01. The highest BCUT2D eigenvalue weighted by molar-refractivity contribution is 5.96. The molecule has 0 fully saturated rings. The van der Waals surface area contributed by atoms with Gasteiger partial charge >= 0.3 is 0 Å². The summed E-state index contributed by atoms with van der Waals surface area (Å²) in [5.74, 6) is 0.930. The summed E-state index contributed by atoms with van der Waals surface area (Å²) < 4.78 is 11.1. The summed E-state index contributed by atoms with van der Waals surface area (Å²) in [6.45, 7) is 4.55. The number of benzene rings is 2. The minimum absolute atomic E-state index is 0.0295. The Bertz CT molecular complexity index is 819. The van der Waals surface area contributed by atoms with Gasteiger partial charge in [-0.25, -0.2) is 0 Å². The summed E-state index contributed by atoms with van der Waals surface area (Å²) in [4.78, 5) is 25.5. The Morgan fingerprint density at radius 1 is 1.12 bits per heavy atom. The summed E-state index contributed by atoms with van der Waals surface area (Å²) in [6, 6.07) is 12.8. The molecule has 0 aromatic heterocycles. The first-order chi connectivity index (χ1) is 12.6. The van der Waals surface area contributed by atoms with E-state index in [4.69, 9.17) is 9.47 Å². The molecule has 2 aromatic rings. The van der Waals surface area contributed by atoms with Crippen LogP contribution in [0.4, 0.5) is 11.4 Å². The van der Waals surface area contributed by atoms with Gasteiger partial charge in [-0.1, -0.05) is 12.1 Å². The van der Waals surface area contributed by atoms with Crippen molar-refractivity contribution < 1.29 is 19.1 Å². The van der Waals surface area contributed by atoms with Crippen molar-refractivity contribution in [1.29, 1.82) is 0 Å². The maximum absolute atomic E-state index is 12.2. The number of amides is 2. The van der Waals surface area contributed by atoms with Crippen LogP contribution in [0.25, 0.3) is 0 Å². The van der Waals surface area contributed by atoms with Crippen molar-refractivity contribution in [3.05, 3.63) is 48.0 Å². The molecule has 0 saturated heterocycles. The highest BCUT2D eigenvalue weighted by Crippen LogP contribution is 2.30. The van der Waals surface area contributed by atoms with E-state index in [2.05, 4.69) is 5.32 Å². The Kier molecular flexibility index (Phi) is 5.41. The highest BCUT2D eigenvalue weighted by Gasteiger charge is 2.22. The van der Waals surface area contributed by atoms with Gasteiger partial charge in [0.05, 0.1) is 6.61 Å². The molecule has 2 aromatic carbocycles.